The average Bonchev–Trinajstić information content (AvgIpc) is 2.98. The highest BCUT2D eigenvalue weighted by Crippen LogP contribution is 2.37. The van der Waals surface area contributed by atoms with Gasteiger partial charge >= 0.3 is 0 Å². The van der Waals surface area contributed by atoms with Gasteiger partial charge in [0.05, 0.1) is 5.69 Å². The number of aromatic nitrogens is 2. The predicted octanol–water partition coefficient (Wildman–Crippen LogP) is 3.37. The maximum Gasteiger partial charge on any atom is 0.0648 e. The molecule has 20 heavy (non-hydrogen) atoms. The van der Waals surface area contributed by atoms with Gasteiger partial charge in [0, 0.05) is 17.8 Å². The van der Waals surface area contributed by atoms with Crippen LogP contribution < -0.4 is 5.32 Å². The van der Waals surface area contributed by atoms with Crippen LogP contribution in [0.25, 0.3) is 5.69 Å². The largest absolute Gasteiger partial charge is 0.319 e. The first-order valence-electron chi connectivity index (χ1n) is 7.64. The normalized spacial score (nSPS) is 22.9. The zero-order valence-corrected chi connectivity index (χ0v) is 12.1. The molecule has 0 saturated heterocycles. The second-order valence-electron chi connectivity index (χ2n) is 5.71. The van der Waals surface area contributed by atoms with Gasteiger partial charge in [-0.3, -0.25) is 0 Å². The SMILES string of the molecule is CNCC1CCCCC1c1ccnn1-c1ccccc1. The van der Waals surface area contributed by atoms with Crippen molar-refractivity contribution in [2.24, 2.45) is 5.92 Å². The van der Waals surface area contributed by atoms with E-state index in [9.17, 15) is 0 Å². The first kappa shape index (κ1) is 13.4. The molecule has 106 valence electrons. The van der Waals surface area contributed by atoms with Crippen LogP contribution in [0.4, 0.5) is 0 Å². The second kappa shape index (κ2) is 6.23. The molecule has 1 aromatic carbocycles. The van der Waals surface area contributed by atoms with Gasteiger partial charge in [-0.1, -0.05) is 31.0 Å². The first-order valence-corrected chi connectivity index (χ1v) is 7.64. The molecule has 3 rings (SSSR count). The Kier molecular flexibility index (Phi) is 4.16. The second-order valence-corrected chi connectivity index (χ2v) is 5.71. The maximum absolute atomic E-state index is 4.55. The molecule has 1 aliphatic rings. The van der Waals surface area contributed by atoms with E-state index in [1.165, 1.54) is 37.1 Å². The number of nitrogens with zero attached hydrogens (tertiary/aromatic N) is 2. The number of hydrogen-bond acceptors (Lipinski definition) is 2. The first-order chi connectivity index (χ1) is 9.90. The molecule has 3 heteroatoms. The lowest BCUT2D eigenvalue weighted by Gasteiger charge is -2.31. The summed E-state index contributed by atoms with van der Waals surface area (Å²) >= 11 is 0. The maximum atomic E-state index is 4.55. The Morgan fingerprint density at radius 1 is 1.15 bits per heavy atom. The summed E-state index contributed by atoms with van der Waals surface area (Å²) in [6.07, 6.45) is 7.25. The van der Waals surface area contributed by atoms with E-state index in [4.69, 9.17) is 0 Å². The van der Waals surface area contributed by atoms with Gasteiger partial charge in [0.1, 0.15) is 0 Å². The summed E-state index contributed by atoms with van der Waals surface area (Å²) < 4.78 is 2.12. The number of rotatable bonds is 4. The molecule has 1 aliphatic carbocycles. The van der Waals surface area contributed by atoms with E-state index in [1.807, 2.05) is 6.20 Å². The van der Waals surface area contributed by atoms with Gasteiger partial charge in [-0.05, 0) is 50.6 Å². The summed E-state index contributed by atoms with van der Waals surface area (Å²) in [4.78, 5) is 0. The molecule has 1 N–H and O–H groups in total. The van der Waals surface area contributed by atoms with Crippen molar-refractivity contribution < 1.29 is 0 Å². The number of hydrogen-bond donors (Lipinski definition) is 1. The van der Waals surface area contributed by atoms with Gasteiger partial charge in [0.25, 0.3) is 0 Å². The van der Waals surface area contributed by atoms with Gasteiger partial charge < -0.3 is 5.32 Å². The van der Waals surface area contributed by atoms with Crippen LogP contribution in [-0.2, 0) is 0 Å². The quantitative estimate of drug-likeness (QED) is 0.922. The molecule has 0 amide bonds. The number of nitrogens with one attached hydrogen (secondary N) is 1. The van der Waals surface area contributed by atoms with Crippen LogP contribution in [0.15, 0.2) is 42.6 Å². The highest BCUT2D eigenvalue weighted by Gasteiger charge is 2.28. The van der Waals surface area contributed by atoms with Crippen molar-refractivity contribution in [3.63, 3.8) is 0 Å². The number of para-hydroxylation sites is 1. The van der Waals surface area contributed by atoms with Crippen LogP contribution in [0.3, 0.4) is 0 Å². The summed E-state index contributed by atoms with van der Waals surface area (Å²) in [5.41, 5.74) is 2.54. The molecule has 1 aromatic heterocycles. The lowest BCUT2D eigenvalue weighted by atomic mass is 9.77. The fraction of sp³-hybridized carbons (Fsp3) is 0.471. The Morgan fingerprint density at radius 3 is 2.75 bits per heavy atom. The van der Waals surface area contributed by atoms with E-state index in [-0.39, 0.29) is 0 Å². The highest BCUT2D eigenvalue weighted by molar-refractivity contribution is 5.33. The molecule has 0 radical (unpaired) electrons. The summed E-state index contributed by atoms with van der Waals surface area (Å²) in [6.45, 7) is 1.10. The molecule has 3 nitrogen and oxygen atoms in total. The smallest absolute Gasteiger partial charge is 0.0648 e. The van der Waals surface area contributed by atoms with Crippen molar-refractivity contribution >= 4 is 0 Å². The van der Waals surface area contributed by atoms with Crippen molar-refractivity contribution in [3.8, 4) is 5.69 Å². The van der Waals surface area contributed by atoms with Crippen molar-refractivity contribution in [3.05, 3.63) is 48.3 Å². The van der Waals surface area contributed by atoms with Crippen LogP contribution in [0, 0.1) is 5.92 Å². The number of benzene rings is 1. The molecule has 2 aromatic rings. The van der Waals surface area contributed by atoms with Crippen LogP contribution in [0.1, 0.15) is 37.3 Å². The fourth-order valence-electron chi connectivity index (χ4n) is 3.48. The topological polar surface area (TPSA) is 29.9 Å². The van der Waals surface area contributed by atoms with E-state index in [0.717, 1.165) is 12.5 Å². The van der Waals surface area contributed by atoms with E-state index in [0.29, 0.717) is 5.92 Å². The van der Waals surface area contributed by atoms with Crippen LogP contribution in [0.5, 0.6) is 0 Å². The summed E-state index contributed by atoms with van der Waals surface area (Å²) in [5, 5.41) is 7.91. The highest BCUT2D eigenvalue weighted by atomic mass is 15.3. The fourth-order valence-corrected chi connectivity index (χ4v) is 3.48. The zero-order chi connectivity index (χ0) is 13.8. The van der Waals surface area contributed by atoms with Gasteiger partial charge in [-0.2, -0.15) is 5.10 Å². The Balaban J connectivity index is 1.92. The summed E-state index contributed by atoms with van der Waals surface area (Å²) in [6, 6.07) is 12.7. The van der Waals surface area contributed by atoms with Crippen LogP contribution in [-0.4, -0.2) is 23.4 Å². The lowest BCUT2D eigenvalue weighted by Crippen LogP contribution is -2.28. The van der Waals surface area contributed by atoms with E-state index >= 15 is 0 Å². The van der Waals surface area contributed by atoms with Gasteiger partial charge in [0.2, 0.25) is 0 Å². The molecular weight excluding hydrogens is 246 g/mol. The monoisotopic (exact) mass is 269 g/mol. The van der Waals surface area contributed by atoms with Crippen LogP contribution >= 0.6 is 0 Å². The molecule has 0 aliphatic heterocycles. The van der Waals surface area contributed by atoms with Crippen LogP contribution in [0.2, 0.25) is 0 Å². The van der Waals surface area contributed by atoms with Crippen molar-refractivity contribution in [2.45, 2.75) is 31.6 Å². The van der Waals surface area contributed by atoms with Gasteiger partial charge in [-0.15, -0.1) is 0 Å². The third-order valence-corrected chi connectivity index (χ3v) is 4.43. The van der Waals surface area contributed by atoms with Crippen molar-refractivity contribution in [1.82, 2.24) is 15.1 Å². The summed E-state index contributed by atoms with van der Waals surface area (Å²) in [5.74, 6) is 1.35. The average molecular weight is 269 g/mol. The molecule has 1 heterocycles. The van der Waals surface area contributed by atoms with Crippen molar-refractivity contribution in [2.75, 3.05) is 13.6 Å². The van der Waals surface area contributed by atoms with E-state index in [1.54, 1.807) is 0 Å². The molecule has 1 fully saturated rings. The minimum absolute atomic E-state index is 0.624. The molecule has 0 bridgehead atoms. The van der Waals surface area contributed by atoms with E-state index < -0.39 is 0 Å². The molecular formula is C17H23N3. The Morgan fingerprint density at radius 2 is 1.95 bits per heavy atom. The Bertz CT molecular complexity index is 530. The molecule has 1 saturated carbocycles. The molecule has 0 spiro atoms. The standard InChI is InChI=1S/C17H23N3/c1-18-13-14-7-5-6-10-16(14)17-11-12-19-20(17)15-8-3-2-4-9-15/h2-4,8-9,11-12,14,16,18H,5-7,10,13H2,1H3. The minimum Gasteiger partial charge on any atom is -0.319 e. The minimum atomic E-state index is 0.624. The summed E-state index contributed by atoms with van der Waals surface area (Å²) in [7, 11) is 2.06. The predicted molar refractivity (Wildman–Crippen MR) is 82.2 cm³/mol. The lowest BCUT2D eigenvalue weighted by molar-refractivity contribution is 0.293. The van der Waals surface area contributed by atoms with Crippen molar-refractivity contribution in [1.29, 1.82) is 0 Å². The molecule has 2 unspecified atom stereocenters. The van der Waals surface area contributed by atoms with Gasteiger partial charge in [0.15, 0.2) is 0 Å². The third-order valence-electron chi connectivity index (χ3n) is 4.43. The molecule has 2 atom stereocenters. The third kappa shape index (κ3) is 2.63. The zero-order valence-electron chi connectivity index (χ0n) is 12.1. The Labute approximate surface area is 121 Å². The van der Waals surface area contributed by atoms with E-state index in [2.05, 4.69) is 58.5 Å². The van der Waals surface area contributed by atoms with Gasteiger partial charge in [-0.25, -0.2) is 4.68 Å². The Hall–Kier alpha value is -1.61.